The van der Waals surface area contributed by atoms with Gasteiger partial charge in [0.15, 0.2) is 0 Å². The van der Waals surface area contributed by atoms with Crippen LogP contribution in [-0.4, -0.2) is 45.2 Å². The topological polar surface area (TPSA) is 80.8 Å². The minimum absolute atomic E-state index is 0.0705. The van der Waals surface area contributed by atoms with Crippen LogP contribution in [0.3, 0.4) is 0 Å². The summed E-state index contributed by atoms with van der Waals surface area (Å²) in [6.07, 6.45) is -0.0705. The van der Waals surface area contributed by atoms with E-state index in [1.807, 2.05) is 0 Å². The SMILES string of the molecule is C[C@H]1CN(S(=O)(=O)C(F)(F)F)CC[C@@]1(C)c1cccc(OS(=O)(=O)C(F)(F)F)c1. The highest BCUT2D eigenvalue weighted by atomic mass is 32.2. The molecule has 1 aliphatic heterocycles. The van der Waals surface area contributed by atoms with Gasteiger partial charge in [-0.1, -0.05) is 26.0 Å². The number of sulfonamides is 1. The molecule has 1 aromatic rings. The van der Waals surface area contributed by atoms with Crippen molar-refractivity contribution >= 4 is 20.1 Å². The Balaban J connectivity index is 2.30. The van der Waals surface area contributed by atoms with E-state index in [0.717, 1.165) is 12.1 Å². The third-order valence-electron chi connectivity index (χ3n) is 5.06. The van der Waals surface area contributed by atoms with Crippen molar-refractivity contribution in [2.24, 2.45) is 5.92 Å². The van der Waals surface area contributed by atoms with Gasteiger partial charge in [0.05, 0.1) is 0 Å². The molecule has 0 bridgehead atoms. The highest BCUT2D eigenvalue weighted by molar-refractivity contribution is 7.90. The van der Waals surface area contributed by atoms with Crippen molar-refractivity contribution in [3.63, 3.8) is 0 Å². The Morgan fingerprint density at radius 3 is 2.14 bits per heavy atom. The van der Waals surface area contributed by atoms with Crippen molar-refractivity contribution in [2.75, 3.05) is 13.1 Å². The number of halogens is 6. The highest BCUT2D eigenvalue weighted by Gasteiger charge is 2.53. The number of piperidine rings is 1. The second kappa shape index (κ2) is 7.30. The van der Waals surface area contributed by atoms with Crippen molar-refractivity contribution in [1.29, 1.82) is 0 Å². The second-order valence-electron chi connectivity index (χ2n) is 6.89. The third kappa shape index (κ3) is 4.48. The largest absolute Gasteiger partial charge is 0.534 e. The van der Waals surface area contributed by atoms with Gasteiger partial charge in [-0.25, -0.2) is 8.42 Å². The number of rotatable bonds is 4. The smallest absolute Gasteiger partial charge is 0.376 e. The minimum Gasteiger partial charge on any atom is -0.376 e. The van der Waals surface area contributed by atoms with E-state index in [0.29, 0.717) is 9.87 Å². The zero-order valence-corrected chi connectivity index (χ0v) is 16.7. The van der Waals surface area contributed by atoms with Crippen LogP contribution in [0.15, 0.2) is 24.3 Å². The average molecular weight is 469 g/mol. The summed E-state index contributed by atoms with van der Waals surface area (Å²) in [5, 5.41) is 0. The average Bonchev–Trinajstić information content (AvgIpc) is 2.55. The first kappa shape index (κ1) is 23.7. The van der Waals surface area contributed by atoms with E-state index in [1.165, 1.54) is 19.1 Å². The molecule has 166 valence electrons. The lowest BCUT2D eigenvalue weighted by molar-refractivity contribution is -0.0510. The lowest BCUT2D eigenvalue weighted by Gasteiger charge is -2.44. The lowest BCUT2D eigenvalue weighted by atomic mass is 9.68. The van der Waals surface area contributed by atoms with E-state index in [4.69, 9.17) is 0 Å². The molecule has 0 radical (unpaired) electrons. The van der Waals surface area contributed by atoms with Crippen molar-refractivity contribution < 1.29 is 47.4 Å². The Morgan fingerprint density at radius 1 is 1.07 bits per heavy atom. The lowest BCUT2D eigenvalue weighted by Crippen LogP contribution is -2.52. The Bertz CT molecular complexity index is 974. The van der Waals surface area contributed by atoms with Gasteiger partial charge in [0, 0.05) is 13.1 Å². The summed E-state index contributed by atoms with van der Waals surface area (Å²) in [7, 11) is -11.4. The van der Waals surface area contributed by atoms with Crippen LogP contribution in [0.2, 0.25) is 0 Å². The summed E-state index contributed by atoms with van der Waals surface area (Å²) in [4.78, 5) is 0. The van der Waals surface area contributed by atoms with Gasteiger partial charge in [-0.05, 0) is 35.4 Å². The van der Waals surface area contributed by atoms with Crippen LogP contribution in [0.1, 0.15) is 25.8 Å². The summed E-state index contributed by atoms with van der Waals surface area (Å²) < 4.78 is 126. The molecule has 1 aromatic carbocycles. The molecule has 1 aliphatic rings. The molecule has 2 rings (SSSR count). The molecule has 0 saturated carbocycles. The molecule has 0 amide bonds. The van der Waals surface area contributed by atoms with Gasteiger partial charge in [0.2, 0.25) is 0 Å². The van der Waals surface area contributed by atoms with Crippen molar-refractivity contribution in [1.82, 2.24) is 4.31 Å². The van der Waals surface area contributed by atoms with Gasteiger partial charge >= 0.3 is 31.2 Å². The summed E-state index contributed by atoms with van der Waals surface area (Å²) in [6.45, 7) is 2.17. The van der Waals surface area contributed by atoms with E-state index >= 15 is 0 Å². The number of hydrogen-bond acceptors (Lipinski definition) is 5. The molecular formula is C15H17F6NO5S2. The fourth-order valence-electron chi connectivity index (χ4n) is 3.07. The molecule has 1 saturated heterocycles. The number of nitrogens with zero attached hydrogens (tertiary/aromatic N) is 1. The zero-order valence-electron chi connectivity index (χ0n) is 15.1. The molecule has 14 heteroatoms. The summed E-state index contributed by atoms with van der Waals surface area (Å²) in [5.41, 5.74) is -11.7. The zero-order chi connectivity index (χ0) is 22.5. The van der Waals surface area contributed by atoms with Crippen molar-refractivity contribution in [3.8, 4) is 5.75 Å². The number of benzene rings is 1. The summed E-state index contributed by atoms with van der Waals surface area (Å²) in [5.74, 6) is -1.28. The monoisotopic (exact) mass is 469 g/mol. The molecule has 29 heavy (non-hydrogen) atoms. The van der Waals surface area contributed by atoms with E-state index in [1.54, 1.807) is 6.92 Å². The van der Waals surface area contributed by atoms with Crippen LogP contribution in [0.4, 0.5) is 26.3 Å². The predicted molar refractivity (Wildman–Crippen MR) is 89.7 cm³/mol. The standard InChI is InChI=1S/C15H17F6NO5S2/c1-10-9-22(28(23,24)14(16,17)18)7-6-13(10,2)11-4-3-5-12(8-11)27-29(25,26)15(19,20)21/h3-5,8,10H,6-7,9H2,1-2H3/t10-,13+/m0/s1. The number of alkyl halides is 6. The van der Waals surface area contributed by atoms with Crippen LogP contribution < -0.4 is 4.18 Å². The first-order chi connectivity index (χ1) is 12.9. The first-order valence-electron chi connectivity index (χ1n) is 8.09. The Kier molecular flexibility index (Phi) is 5.98. The maximum absolute atomic E-state index is 12.8. The quantitative estimate of drug-likeness (QED) is 0.384. The molecule has 1 heterocycles. The molecule has 0 unspecified atom stereocenters. The van der Waals surface area contributed by atoms with Crippen LogP contribution in [0.5, 0.6) is 5.75 Å². The predicted octanol–water partition coefficient (Wildman–Crippen LogP) is 3.36. The van der Waals surface area contributed by atoms with E-state index in [9.17, 15) is 43.2 Å². The maximum atomic E-state index is 12.8. The van der Waals surface area contributed by atoms with E-state index in [2.05, 4.69) is 4.18 Å². The molecule has 1 fully saturated rings. The van der Waals surface area contributed by atoms with Crippen LogP contribution in [0.25, 0.3) is 0 Å². The summed E-state index contributed by atoms with van der Waals surface area (Å²) >= 11 is 0. The van der Waals surface area contributed by atoms with E-state index in [-0.39, 0.29) is 6.42 Å². The van der Waals surface area contributed by atoms with Gasteiger partial charge in [0.25, 0.3) is 0 Å². The molecule has 0 spiro atoms. The van der Waals surface area contributed by atoms with Crippen molar-refractivity contribution in [3.05, 3.63) is 29.8 Å². The van der Waals surface area contributed by atoms with Crippen molar-refractivity contribution in [2.45, 2.75) is 36.7 Å². The van der Waals surface area contributed by atoms with Crippen LogP contribution in [0, 0.1) is 5.92 Å². The second-order valence-corrected chi connectivity index (χ2v) is 10.4. The van der Waals surface area contributed by atoms with Crippen LogP contribution in [-0.2, 0) is 25.6 Å². The molecule has 0 aromatic heterocycles. The maximum Gasteiger partial charge on any atom is 0.534 e. The Hall–Kier alpha value is -1.54. The normalized spacial score (nSPS) is 25.0. The molecule has 0 aliphatic carbocycles. The fourth-order valence-corrected chi connectivity index (χ4v) is 4.57. The molecule has 6 nitrogen and oxygen atoms in total. The van der Waals surface area contributed by atoms with Gasteiger partial charge in [-0.15, -0.1) is 0 Å². The molecule has 0 N–H and O–H groups in total. The van der Waals surface area contributed by atoms with Crippen LogP contribution >= 0.6 is 0 Å². The van der Waals surface area contributed by atoms with Gasteiger partial charge in [-0.3, -0.25) is 0 Å². The first-order valence-corrected chi connectivity index (χ1v) is 10.9. The van der Waals surface area contributed by atoms with Gasteiger partial charge < -0.3 is 4.18 Å². The highest BCUT2D eigenvalue weighted by Crippen LogP contribution is 2.42. The third-order valence-corrected chi connectivity index (χ3v) is 7.64. The molecular weight excluding hydrogens is 452 g/mol. The van der Waals surface area contributed by atoms with Gasteiger partial charge in [0.1, 0.15) is 5.75 Å². The fraction of sp³-hybridized carbons (Fsp3) is 0.600. The number of hydrogen-bond donors (Lipinski definition) is 0. The minimum atomic E-state index is -5.89. The Labute approximate surface area is 163 Å². The summed E-state index contributed by atoms with van der Waals surface area (Å²) in [6, 6.07) is 4.74. The van der Waals surface area contributed by atoms with E-state index < -0.39 is 61.3 Å². The Morgan fingerprint density at radius 2 is 1.66 bits per heavy atom. The van der Waals surface area contributed by atoms with Gasteiger partial charge in [-0.2, -0.15) is 39.1 Å². The molecule has 2 atom stereocenters.